The number of aromatic amines is 2. The molecular weight excluding hydrogens is 1010 g/mol. The predicted molar refractivity (Wildman–Crippen MR) is 212 cm³/mol. The van der Waals surface area contributed by atoms with E-state index in [1.54, 1.807) is 18.2 Å². The van der Waals surface area contributed by atoms with Gasteiger partial charge in [-0.1, -0.05) is 60.7 Å². The van der Waals surface area contributed by atoms with E-state index < -0.39 is 117 Å². The van der Waals surface area contributed by atoms with Gasteiger partial charge in [-0.05, 0) is 64.9 Å². The Bertz CT molecular complexity index is 3670. The largest absolute Gasteiger partial charge is 1.00 e. The molecule has 67 heavy (non-hydrogen) atoms. The topological polar surface area (TPSA) is 372 Å². The first-order valence-corrected chi connectivity index (χ1v) is 22.7. The molecule has 1 aromatic heterocycles. The van der Waals surface area contributed by atoms with Crippen LogP contribution in [-0.4, -0.2) is 84.2 Å². The van der Waals surface area contributed by atoms with E-state index in [0.29, 0.717) is 29.7 Å². The van der Waals surface area contributed by atoms with Crippen LogP contribution in [0, 0.1) is 6.08 Å². The first-order valence-electron chi connectivity index (χ1n) is 17.0. The molecule has 324 valence electrons. The molecule has 0 bridgehead atoms. The predicted octanol–water partition coefficient (Wildman–Crippen LogP) is -10.4. The molecule has 6 aromatic rings. The van der Waals surface area contributed by atoms with Crippen molar-refractivity contribution in [3.8, 4) is 0 Å². The zero-order chi connectivity index (χ0) is 45.6. The number of fused-ring (bicyclic) bond motifs is 2. The van der Waals surface area contributed by atoms with Gasteiger partial charge in [-0.3, -0.25) is 29.7 Å². The Balaban J connectivity index is 0.00000298. The smallest absolute Gasteiger partial charge is 0.858 e. The Morgan fingerprint density at radius 2 is 1.39 bits per heavy atom. The maximum atomic E-state index is 14.8. The number of anilines is 1. The molecule has 0 spiro atoms. The van der Waals surface area contributed by atoms with Crippen molar-refractivity contribution in [2.24, 2.45) is 20.1 Å². The van der Waals surface area contributed by atoms with E-state index in [1.165, 1.54) is 48.5 Å². The second kappa shape index (κ2) is 22.8. The van der Waals surface area contributed by atoms with E-state index >= 15 is 0 Å². The molecule has 1 aliphatic carbocycles. The number of hydrazone groups is 1. The van der Waals surface area contributed by atoms with E-state index in [0.717, 1.165) is 12.1 Å². The van der Waals surface area contributed by atoms with Crippen molar-refractivity contribution in [3.05, 3.63) is 136 Å². The fraction of sp³-hybridized carbons (Fsp3) is 0. The Labute approximate surface area is 467 Å². The minimum atomic E-state index is -5.73. The van der Waals surface area contributed by atoms with Crippen LogP contribution < -0.4 is 140 Å². The van der Waals surface area contributed by atoms with Gasteiger partial charge in [0, 0.05) is 5.39 Å². The van der Waals surface area contributed by atoms with E-state index in [9.17, 15) is 66.2 Å². The van der Waals surface area contributed by atoms with Gasteiger partial charge in [-0.25, -0.2) is 35.2 Å². The first-order chi connectivity index (χ1) is 29.5. The van der Waals surface area contributed by atoms with Crippen LogP contribution in [0.15, 0.2) is 137 Å². The zero-order valence-corrected chi connectivity index (χ0v) is 46.1. The summed E-state index contributed by atoms with van der Waals surface area (Å²) in [6.45, 7) is 0. The van der Waals surface area contributed by atoms with Gasteiger partial charge in [0.05, 0.1) is 43.0 Å². The number of aromatic nitrogens is 3. The van der Waals surface area contributed by atoms with Crippen LogP contribution in [-0.2, 0) is 40.5 Å². The number of hydrogen-bond acceptors (Lipinski definition) is 19. The molecule has 0 atom stereocenters. The summed E-state index contributed by atoms with van der Waals surface area (Å²) >= 11 is 0. The number of halogens is 1. The normalized spacial score (nSPS) is 14.2. The van der Waals surface area contributed by atoms with Crippen LogP contribution in [0.25, 0.3) is 16.8 Å². The maximum Gasteiger partial charge on any atom is 1.00 e. The average Bonchev–Trinajstić information content (AvgIpc) is 3.18. The van der Waals surface area contributed by atoms with Crippen molar-refractivity contribution in [2.45, 2.75) is 14.7 Å². The van der Waals surface area contributed by atoms with Gasteiger partial charge in [0.1, 0.15) is 41.0 Å². The van der Waals surface area contributed by atoms with Crippen LogP contribution in [0.5, 0.6) is 0 Å². The third-order valence-electron chi connectivity index (χ3n) is 8.64. The number of nitrogens with zero attached hydrogens (tertiary/aromatic N) is 5. The summed E-state index contributed by atoms with van der Waals surface area (Å²) in [6, 6.07) is 19.3. The van der Waals surface area contributed by atoms with E-state index in [2.05, 4.69) is 35.0 Å². The molecule has 31 heteroatoms. The summed E-state index contributed by atoms with van der Waals surface area (Å²) in [5, 5.41) is 17.1. The van der Waals surface area contributed by atoms with E-state index in [4.69, 9.17) is 0 Å². The number of carbonyl (C=O) groups excluding carboxylic acids is 1. The molecule has 0 unspecified atom stereocenters. The van der Waals surface area contributed by atoms with Crippen molar-refractivity contribution in [1.82, 2.24) is 15.0 Å². The molecule has 1 aliphatic rings. The van der Waals surface area contributed by atoms with E-state index in [-0.39, 0.29) is 141 Å². The molecule has 0 fully saturated rings. The average molecular weight is 1030 g/mol. The molecule has 0 amide bonds. The van der Waals surface area contributed by atoms with Gasteiger partial charge in [0.2, 0.25) is 17.0 Å². The molecule has 1 heterocycles. The Kier molecular flexibility index (Phi) is 19.8. The summed E-state index contributed by atoms with van der Waals surface area (Å²) in [4.78, 5) is 29.6. The second-order valence-corrected chi connectivity index (χ2v) is 18.2. The molecule has 5 aromatic carbocycles. The number of hydrogen-bond donors (Lipinski definition) is 4. The Morgan fingerprint density at radius 1 is 0.731 bits per heavy atom. The second-order valence-electron chi connectivity index (χ2n) is 12.8. The standard InChI is InChI=1S/C36H25FN8O14S4.4Na/c37-34-41-35(43-36(42-34)40-24-12-10-18-6-4-5-9-23(18)32(24)63(57,58)59)38-21-11-13-27(61(51,52)53)25(16-21)44-45-30-28(62(54,55)56)15-20-14-22(60(48,49)50)17-26(29(20)31(30)46)39-33(47)19-7-2-1-3-8-19;;;;/h1-17,44H,(H,39,47)(H,48,49,50)(H,51,52,53)(H,54,55,56)(H,57,58,59)(H2,38,40,41,42,43);;;;/q;4*+1/p-4/b45-30-;;;;. The number of ketones is 1. The molecule has 0 radical (unpaired) electrons. The number of H-pyrrole nitrogens is 2. The first kappa shape index (κ1) is 58.2. The SMILES string of the molecule is O=C1/C(=N\Nc2cc(N=c3nc(F)[nH]c(=Nc4ccc5ccccc5c4S(=O)(=O)O)[nH]3)ccc2S(=O)(=O)[O-])C(S(=O)(=O)[O-])=Cc2cc(S(=O)(=O)[O-])cc(N=C([O-])c3ccccc3)c21.[Na+].[Na+].[Na+].[Na+]. The van der Waals surface area contributed by atoms with Crippen LogP contribution in [0.1, 0.15) is 21.5 Å². The minimum absolute atomic E-state index is 0. The third kappa shape index (κ3) is 13.6. The molecule has 7 rings (SSSR count). The number of nitrogens with one attached hydrogen (secondary N) is 3. The van der Waals surface area contributed by atoms with Crippen LogP contribution in [0.2, 0.25) is 0 Å². The monoisotopic (exact) mass is 1030 g/mol. The van der Waals surface area contributed by atoms with Gasteiger partial charge in [0.15, 0.2) is 0 Å². The van der Waals surface area contributed by atoms with Gasteiger partial charge in [-0.15, -0.1) is 0 Å². The van der Waals surface area contributed by atoms with Crippen LogP contribution >= 0.6 is 0 Å². The van der Waals surface area contributed by atoms with Crippen molar-refractivity contribution < 1.29 is 184 Å². The molecule has 22 nitrogen and oxygen atoms in total. The fourth-order valence-corrected chi connectivity index (χ4v) is 8.67. The van der Waals surface area contributed by atoms with E-state index in [1.807, 2.05) is 5.43 Å². The van der Waals surface area contributed by atoms with Crippen molar-refractivity contribution in [2.75, 3.05) is 5.43 Å². The number of Topliss-reactive ketones (excluding diaryl/α,β-unsaturated/α-hetero) is 1. The number of benzene rings is 5. The Hall–Kier alpha value is -3.11. The number of allylic oxidation sites excluding steroid dienone is 1. The number of aliphatic imine (C=N–C) groups is 1. The summed E-state index contributed by atoms with van der Waals surface area (Å²) in [5.74, 6) is -2.56. The molecule has 0 saturated heterocycles. The molecule has 0 saturated carbocycles. The van der Waals surface area contributed by atoms with Gasteiger partial charge in [0.25, 0.3) is 16.2 Å². The molecule has 4 N–H and O–H groups in total. The summed E-state index contributed by atoms with van der Waals surface area (Å²) in [7, 11) is -21.4. The summed E-state index contributed by atoms with van der Waals surface area (Å²) < 4.78 is 160. The van der Waals surface area contributed by atoms with Crippen molar-refractivity contribution in [3.63, 3.8) is 0 Å². The number of carbonyl (C=O) groups is 1. The van der Waals surface area contributed by atoms with Crippen molar-refractivity contribution in [1.29, 1.82) is 0 Å². The fourth-order valence-electron chi connectivity index (χ4n) is 6.04. The number of rotatable bonds is 10. The molecule has 0 aliphatic heterocycles. The summed E-state index contributed by atoms with van der Waals surface area (Å²) in [5.41, 5.74) is -4.16. The van der Waals surface area contributed by atoms with Gasteiger partial charge < -0.3 is 18.8 Å². The van der Waals surface area contributed by atoms with Crippen molar-refractivity contribution >= 4 is 97.5 Å². The zero-order valence-electron chi connectivity index (χ0n) is 34.8. The van der Waals surface area contributed by atoms with Crippen LogP contribution in [0.4, 0.5) is 27.1 Å². The third-order valence-corrected chi connectivity index (χ3v) is 12.1. The molecular formula is C36H21FN8Na4O14S4. The quantitative estimate of drug-likeness (QED) is 0.0325. The summed E-state index contributed by atoms with van der Waals surface area (Å²) in [6.07, 6.45) is -0.895. The van der Waals surface area contributed by atoms with Gasteiger partial charge in [-0.2, -0.15) is 22.9 Å². The van der Waals surface area contributed by atoms with Crippen LogP contribution in [0.3, 0.4) is 0 Å². The maximum absolute atomic E-state index is 14.8. The Morgan fingerprint density at radius 3 is 2.01 bits per heavy atom. The minimum Gasteiger partial charge on any atom is -0.858 e. The van der Waals surface area contributed by atoms with Gasteiger partial charge >= 0.3 is 118 Å².